The van der Waals surface area contributed by atoms with E-state index in [9.17, 15) is 4.79 Å². The summed E-state index contributed by atoms with van der Waals surface area (Å²) < 4.78 is 5.47. The molecule has 1 aromatic rings. The van der Waals surface area contributed by atoms with E-state index in [0.29, 0.717) is 23.1 Å². The van der Waals surface area contributed by atoms with Crippen molar-refractivity contribution in [2.24, 2.45) is 11.1 Å². The first-order valence-electron chi connectivity index (χ1n) is 7.19. The lowest BCUT2D eigenvalue weighted by molar-refractivity contribution is -0.116. The minimum Gasteiger partial charge on any atom is -0.492 e. The van der Waals surface area contributed by atoms with Crippen LogP contribution in [-0.2, 0) is 4.79 Å². The number of hydrogen-bond donors (Lipinski definition) is 2. The predicted molar refractivity (Wildman–Crippen MR) is 87.9 cm³/mol. The monoisotopic (exact) mass is 312 g/mol. The Morgan fingerprint density at radius 1 is 1.43 bits per heavy atom. The van der Waals surface area contributed by atoms with E-state index < -0.39 is 0 Å². The van der Waals surface area contributed by atoms with E-state index in [-0.39, 0.29) is 23.8 Å². The molecule has 0 spiro atoms. The third-order valence-corrected chi connectivity index (χ3v) is 3.07. The Morgan fingerprint density at radius 3 is 2.67 bits per heavy atom. The summed E-state index contributed by atoms with van der Waals surface area (Å²) >= 11 is 5.96. The number of nitrogens with one attached hydrogen (secondary N) is 1. The summed E-state index contributed by atoms with van der Waals surface area (Å²) in [4.78, 5) is 12.1. The van der Waals surface area contributed by atoms with Gasteiger partial charge in [-0.25, -0.2) is 0 Å². The number of ether oxygens (including phenoxy) is 1. The molecule has 1 rings (SSSR count). The van der Waals surface area contributed by atoms with Crippen LogP contribution in [0.15, 0.2) is 18.2 Å². The highest BCUT2D eigenvalue weighted by Crippen LogP contribution is 2.28. The number of rotatable bonds is 6. The number of nitrogens with two attached hydrogens (primary N) is 1. The molecule has 1 amide bonds. The zero-order valence-corrected chi connectivity index (χ0v) is 14.0. The topological polar surface area (TPSA) is 64.3 Å². The highest BCUT2D eigenvalue weighted by atomic mass is 35.5. The Hall–Kier alpha value is -1.26. The summed E-state index contributed by atoms with van der Waals surface area (Å²) in [5, 5.41) is 3.37. The Labute approximate surface area is 132 Å². The molecule has 0 aromatic heterocycles. The largest absolute Gasteiger partial charge is 0.492 e. The highest BCUT2D eigenvalue weighted by molar-refractivity contribution is 6.31. The number of hydrogen-bond acceptors (Lipinski definition) is 3. The molecule has 0 fully saturated rings. The van der Waals surface area contributed by atoms with E-state index >= 15 is 0 Å². The van der Waals surface area contributed by atoms with Gasteiger partial charge in [0, 0.05) is 17.5 Å². The lowest BCUT2D eigenvalue weighted by Crippen LogP contribution is -2.31. The zero-order chi connectivity index (χ0) is 16.0. The first-order valence-corrected chi connectivity index (χ1v) is 7.57. The Morgan fingerprint density at radius 2 is 2.10 bits per heavy atom. The van der Waals surface area contributed by atoms with Gasteiger partial charge in [-0.15, -0.1) is 0 Å². The van der Waals surface area contributed by atoms with Crippen LogP contribution in [0.3, 0.4) is 0 Å². The molecule has 0 aliphatic rings. The average molecular weight is 313 g/mol. The number of carbonyl (C=O) groups excluding carboxylic acids is 1. The second kappa shape index (κ2) is 7.66. The van der Waals surface area contributed by atoms with Crippen LogP contribution in [-0.4, -0.2) is 18.6 Å². The maximum atomic E-state index is 12.1. The zero-order valence-electron chi connectivity index (χ0n) is 13.2. The third kappa shape index (κ3) is 6.82. The van der Waals surface area contributed by atoms with Gasteiger partial charge in [0.15, 0.2) is 0 Å². The van der Waals surface area contributed by atoms with Gasteiger partial charge < -0.3 is 15.8 Å². The summed E-state index contributed by atoms with van der Waals surface area (Å²) in [5.74, 6) is 0.481. The van der Waals surface area contributed by atoms with Gasteiger partial charge in [-0.1, -0.05) is 32.4 Å². The van der Waals surface area contributed by atoms with E-state index in [1.807, 2.05) is 6.92 Å². The van der Waals surface area contributed by atoms with E-state index in [0.717, 1.165) is 6.42 Å². The molecular formula is C16H25ClN2O2. The quantitative estimate of drug-likeness (QED) is 0.839. The Balaban J connectivity index is 2.68. The van der Waals surface area contributed by atoms with Crippen LogP contribution in [0, 0.1) is 5.41 Å². The number of amides is 1. The molecule has 0 bridgehead atoms. The van der Waals surface area contributed by atoms with E-state index in [4.69, 9.17) is 22.1 Å². The lowest BCUT2D eigenvalue weighted by Gasteiger charge is -2.22. The van der Waals surface area contributed by atoms with Crippen molar-refractivity contribution in [3.05, 3.63) is 23.2 Å². The SMILES string of the molecule is CCOc1ccc(Cl)cc1NC(=O)CC(N)CC(C)(C)C. The van der Waals surface area contributed by atoms with Gasteiger partial charge in [-0.3, -0.25) is 4.79 Å². The van der Waals surface area contributed by atoms with Crippen LogP contribution in [0.1, 0.15) is 40.5 Å². The van der Waals surface area contributed by atoms with Gasteiger partial charge >= 0.3 is 0 Å². The van der Waals surface area contributed by atoms with Crippen molar-refractivity contribution in [3.8, 4) is 5.75 Å². The number of anilines is 1. The molecule has 0 saturated carbocycles. The maximum absolute atomic E-state index is 12.1. The number of carbonyl (C=O) groups is 1. The highest BCUT2D eigenvalue weighted by Gasteiger charge is 2.19. The van der Waals surface area contributed by atoms with Crippen molar-refractivity contribution in [1.82, 2.24) is 0 Å². The molecule has 21 heavy (non-hydrogen) atoms. The summed E-state index contributed by atoms with van der Waals surface area (Å²) in [6, 6.07) is 4.99. The Bertz CT molecular complexity index is 484. The van der Waals surface area contributed by atoms with Gasteiger partial charge in [-0.05, 0) is 37.0 Å². The summed E-state index contributed by atoms with van der Waals surface area (Å²) in [7, 11) is 0. The van der Waals surface area contributed by atoms with Gasteiger partial charge in [0.05, 0.1) is 12.3 Å². The molecular weight excluding hydrogens is 288 g/mol. The molecule has 1 aromatic carbocycles. The Kier molecular flexibility index (Phi) is 6.49. The van der Waals surface area contributed by atoms with E-state index in [1.165, 1.54) is 0 Å². The van der Waals surface area contributed by atoms with Crippen LogP contribution < -0.4 is 15.8 Å². The van der Waals surface area contributed by atoms with Gasteiger partial charge in [0.1, 0.15) is 5.75 Å². The molecule has 4 nitrogen and oxygen atoms in total. The summed E-state index contributed by atoms with van der Waals surface area (Å²) in [6.45, 7) is 8.73. The average Bonchev–Trinajstić information content (AvgIpc) is 2.29. The van der Waals surface area contributed by atoms with Crippen molar-refractivity contribution in [2.75, 3.05) is 11.9 Å². The van der Waals surface area contributed by atoms with Crippen LogP contribution in [0.4, 0.5) is 5.69 Å². The summed E-state index contributed by atoms with van der Waals surface area (Å²) in [5.41, 5.74) is 6.71. The van der Waals surface area contributed by atoms with Crippen molar-refractivity contribution in [1.29, 1.82) is 0 Å². The van der Waals surface area contributed by atoms with Crippen LogP contribution in [0.25, 0.3) is 0 Å². The summed E-state index contributed by atoms with van der Waals surface area (Å²) in [6.07, 6.45) is 1.06. The van der Waals surface area contributed by atoms with Crippen molar-refractivity contribution in [2.45, 2.75) is 46.6 Å². The van der Waals surface area contributed by atoms with Crippen LogP contribution in [0.5, 0.6) is 5.75 Å². The van der Waals surface area contributed by atoms with Crippen molar-refractivity contribution < 1.29 is 9.53 Å². The first kappa shape index (κ1) is 17.8. The first-order chi connectivity index (χ1) is 9.71. The van der Waals surface area contributed by atoms with Crippen LogP contribution in [0.2, 0.25) is 5.02 Å². The molecule has 0 heterocycles. The molecule has 0 aliphatic carbocycles. The lowest BCUT2D eigenvalue weighted by atomic mass is 9.87. The third-order valence-electron chi connectivity index (χ3n) is 2.84. The predicted octanol–water partition coefficient (Wildman–Crippen LogP) is 3.83. The molecule has 3 N–H and O–H groups in total. The number of halogens is 1. The fraction of sp³-hybridized carbons (Fsp3) is 0.562. The number of benzene rings is 1. The fourth-order valence-electron chi connectivity index (χ4n) is 2.18. The van der Waals surface area contributed by atoms with Crippen LogP contribution >= 0.6 is 11.6 Å². The van der Waals surface area contributed by atoms with Gasteiger partial charge in [0.25, 0.3) is 0 Å². The smallest absolute Gasteiger partial charge is 0.226 e. The van der Waals surface area contributed by atoms with Crippen molar-refractivity contribution >= 4 is 23.2 Å². The standard InChI is InChI=1S/C16H25ClN2O2/c1-5-21-14-7-6-11(17)8-13(14)19-15(20)9-12(18)10-16(2,3)4/h6-8,12H,5,9-10,18H2,1-4H3,(H,19,20). The molecule has 1 unspecified atom stereocenters. The normalized spacial score (nSPS) is 12.9. The minimum absolute atomic E-state index is 0.103. The van der Waals surface area contributed by atoms with Gasteiger partial charge in [-0.2, -0.15) is 0 Å². The van der Waals surface area contributed by atoms with E-state index in [2.05, 4.69) is 26.1 Å². The van der Waals surface area contributed by atoms with E-state index in [1.54, 1.807) is 18.2 Å². The van der Waals surface area contributed by atoms with Gasteiger partial charge in [0.2, 0.25) is 5.91 Å². The maximum Gasteiger partial charge on any atom is 0.226 e. The second-order valence-electron chi connectivity index (χ2n) is 6.35. The second-order valence-corrected chi connectivity index (χ2v) is 6.79. The fourth-order valence-corrected chi connectivity index (χ4v) is 2.35. The molecule has 0 aliphatic heterocycles. The molecule has 1 atom stereocenters. The molecule has 5 heteroatoms. The molecule has 0 saturated heterocycles. The van der Waals surface area contributed by atoms with Crippen molar-refractivity contribution in [3.63, 3.8) is 0 Å². The molecule has 0 radical (unpaired) electrons. The minimum atomic E-state index is -0.167. The molecule has 118 valence electrons.